The van der Waals surface area contributed by atoms with E-state index in [-0.39, 0.29) is 24.8 Å². The molecular formula is C14H20N2O3. The van der Waals surface area contributed by atoms with Gasteiger partial charge in [0.1, 0.15) is 6.04 Å². The van der Waals surface area contributed by atoms with Gasteiger partial charge in [0, 0.05) is 18.9 Å². The maximum Gasteiger partial charge on any atom is 0.326 e. The molecule has 0 saturated heterocycles. The van der Waals surface area contributed by atoms with Gasteiger partial charge in [-0.05, 0) is 12.0 Å². The lowest BCUT2D eigenvalue weighted by atomic mass is 10.0. The van der Waals surface area contributed by atoms with E-state index in [1.54, 1.807) is 0 Å². The van der Waals surface area contributed by atoms with E-state index in [0.29, 0.717) is 6.42 Å². The first kappa shape index (κ1) is 15.2. The number of carbonyl (C=O) groups excluding carboxylic acids is 1. The van der Waals surface area contributed by atoms with E-state index in [1.807, 2.05) is 37.3 Å². The van der Waals surface area contributed by atoms with E-state index in [4.69, 9.17) is 10.8 Å². The number of amides is 1. The molecule has 0 heterocycles. The summed E-state index contributed by atoms with van der Waals surface area (Å²) in [4.78, 5) is 23.0. The highest BCUT2D eigenvalue weighted by Crippen LogP contribution is 2.06. The van der Waals surface area contributed by atoms with Gasteiger partial charge in [0.25, 0.3) is 0 Å². The summed E-state index contributed by atoms with van der Waals surface area (Å²) in [5.41, 5.74) is 6.35. The number of benzene rings is 1. The molecule has 0 saturated carbocycles. The third kappa shape index (κ3) is 4.71. The monoisotopic (exact) mass is 264 g/mol. The molecule has 104 valence electrons. The predicted molar refractivity (Wildman–Crippen MR) is 72.5 cm³/mol. The van der Waals surface area contributed by atoms with Gasteiger partial charge >= 0.3 is 5.97 Å². The molecule has 1 aromatic carbocycles. The molecule has 5 nitrogen and oxygen atoms in total. The Morgan fingerprint density at radius 1 is 1.32 bits per heavy atom. The molecule has 19 heavy (non-hydrogen) atoms. The second-order valence-electron chi connectivity index (χ2n) is 4.43. The fourth-order valence-corrected chi connectivity index (χ4v) is 1.80. The van der Waals surface area contributed by atoms with Crippen molar-refractivity contribution in [3.8, 4) is 0 Å². The summed E-state index contributed by atoms with van der Waals surface area (Å²) in [6, 6.07) is 8.29. The molecule has 0 radical (unpaired) electrons. The molecule has 0 aliphatic carbocycles. The van der Waals surface area contributed by atoms with Gasteiger partial charge in [-0.3, -0.25) is 4.79 Å². The molecule has 5 heteroatoms. The second-order valence-corrected chi connectivity index (χ2v) is 4.43. The van der Waals surface area contributed by atoms with Crippen LogP contribution in [0.2, 0.25) is 0 Å². The van der Waals surface area contributed by atoms with Crippen LogP contribution in [0.15, 0.2) is 30.3 Å². The molecule has 1 unspecified atom stereocenters. The van der Waals surface area contributed by atoms with Crippen LogP contribution in [0, 0.1) is 5.92 Å². The average Bonchev–Trinajstić information content (AvgIpc) is 2.40. The minimum Gasteiger partial charge on any atom is -0.480 e. The Balaban J connectivity index is 2.69. The fourth-order valence-electron chi connectivity index (χ4n) is 1.80. The summed E-state index contributed by atoms with van der Waals surface area (Å²) in [5, 5.41) is 11.7. The van der Waals surface area contributed by atoms with E-state index < -0.39 is 12.0 Å². The van der Waals surface area contributed by atoms with Crippen molar-refractivity contribution in [3.05, 3.63) is 35.9 Å². The van der Waals surface area contributed by atoms with Crippen LogP contribution >= 0.6 is 0 Å². The zero-order chi connectivity index (χ0) is 14.3. The number of hydrogen-bond donors (Lipinski definition) is 3. The first-order valence-electron chi connectivity index (χ1n) is 6.35. The Morgan fingerprint density at radius 3 is 2.42 bits per heavy atom. The minimum atomic E-state index is -1.04. The van der Waals surface area contributed by atoms with Gasteiger partial charge in [-0.15, -0.1) is 0 Å². The molecule has 0 aliphatic rings. The summed E-state index contributed by atoms with van der Waals surface area (Å²) in [6.07, 6.45) is 0.864. The lowest BCUT2D eigenvalue weighted by Gasteiger charge is -2.18. The van der Waals surface area contributed by atoms with Crippen molar-refractivity contribution in [1.29, 1.82) is 0 Å². The topological polar surface area (TPSA) is 92.4 Å². The molecule has 0 aromatic heterocycles. The number of carbonyl (C=O) groups is 2. The summed E-state index contributed by atoms with van der Waals surface area (Å²) in [7, 11) is 0. The number of rotatable bonds is 7. The maximum absolute atomic E-state index is 11.9. The smallest absolute Gasteiger partial charge is 0.326 e. The molecule has 0 fully saturated rings. The van der Waals surface area contributed by atoms with Crippen molar-refractivity contribution in [2.75, 3.05) is 6.54 Å². The zero-order valence-corrected chi connectivity index (χ0v) is 11.0. The molecule has 0 spiro atoms. The molecule has 0 bridgehead atoms. The molecule has 2 atom stereocenters. The third-order valence-electron chi connectivity index (χ3n) is 3.05. The Kier molecular flexibility index (Phi) is 6.02. The van der Waals surface area contributed by atoms with Gasteiger partial charge in [-0.25, -0.2) is 4.79 Å². The normalized spacial score (nSPS) is 13.6. The van der Waals surface area contributed by atoms with E-state index in [1.165, 1.54) is 0 Å². The Hall–Kier alpha value is -1.88. The first-order valence-corrected chi connectivity index (χ1v) is 6.35. The molecule has 1 aromatic rings. The Bertz CT molecular complexity index is 416. The minimum absolute atomic E-state index is 0.222. The lowest BCUT2D eigenvalue weighted by Crippen LogP contribution is -2.46. The highest BCUT2D eigenvalue weighted by atomic mass is 16.4. The number of nitrogens with one attached hydrogen (secondary N) is 1. The van der Waals surface area contributed by atoms with Crippen molar-refractivity contribution in [3.63, 3.8) is 0 Å². The number of carboxylic acid groups (broad SMARTS) is 1. The van der Waals surface area contributed by atoms with Crippen LogP contribution in [0.5, 0.6) is 0 Å². The zero-order valence-electron chi connectivity index (χ0n) is 11.0. The highest BCUT2D eigenvalue weighted by Gasteiger charge is 2.23. The maximum atomic E-state index is 11.9. The summed E-state index contributed by atoms with van der Waals surface area (Å²) in [6.45, 7) is 2.07. The van der Waals surface area contributed by atoms with Gasteiger partial charge in [-0.1, -0.05) is 37.3 Å². The van der Waals surface area contributed by atoms with Gasteiger partial charge < -0.3 is 16.2 Å². The molecule has 4 N–H and O–H groups in total. The molecular weight excluding hydrogens is 244 g/mol. The van der Waals surface area contributed by atoms with Crippen LogP contribution in [-0.4, -0.2) is 29.6 Å². The van der Waals surface area contributed by atoms with E-state index in [0.717, 1.165) is 5.56 Å². The van der Waals surface area contributed by atoms with Crippen LogP contribution in [0.25, 0.3) is 0 Å². The first-order chi connectivity index (χ1) is 9.08. The van der Waals surface area contributed by atoms with Crippen LogP contribution in [0.4, 0.5) is 0 Å². The van der Waals surface area contributed by atoms with Crippen molar-refractivity contribution < 1.29 is 14.7 Å². The van der Waals surface area contributed by atoms with E-state index in [9.17, 15) is 9.59 Å². The highest BCUT2D eigenvalue weighted by molar-refractivity contribution is 5.85. The third-order valence-corrected chi connectivity index (χ3v) is 3.05. The van der Waals surface area contributed by atoms with Crippen LogP contribution < -0.4 is 11.1 Å². The molecule has 0 aliphatic heterocycles. The van der Waals surface area contributed by atoms with Gasteiger partial charge in [-0.2, -0.15) is 0 Å². The second kappa shape index (κ2) is 7.53. The fraction of sp³-hybridized carbons (Fsp3) is 0.429. The number of aliphatic carboxylic acids is 1. The van der Waals surface area contributed by atoms with Crippen LogP contribution in [0.1, 0.15) is 18.9 Å². The quantitative estimate of drug-likeness (QED) is 0.678. The number of carboxylic acids is 1. The SMILES string of the molecule is CCC(CN)C(=O)N[C@H](Cc1ccccc1)C(=O)O. The van der Waals surface area contributed by atoms with Gasteiger partial charge in [0.2, 0.25) is 5.91 Å². The van der Waals surface area contributed by atoms with Crippen LogP contribution in [0.3, 0.4) is 0 Å². The molecule has 1 rings (SSSR count). The van der Waals surface area contributed by atoms with E-state index in [2.05, 4.69) is 5.32 Å². The number of nitrogens with two attached hydrogens (primary N) is 1. The Labute approximate surface area is 112 Å². The van der Waals surface area contributed by atoms with Gasteiger partial charge in [0.05, 0.1) is 0 Å². The van der Waals surface area contributed by atoms with Crippen molar-refractivity contribution in [2.45, 2.75) is 25.8 Å². The van der Waals surface area contributed by atoms with Crippen molar-refractivity contribution in [1.82, 2.24) is 5.32 Å². The standard InChI is InChI=1S/C14H20N2O3/c1-2-11(9-15)13(17)16-12(14(18)19)8-10-6-4-3-5-7-10/h3-7,11-12H,2,8-9,15H2,1H3,(H,16,17)(H,18,19)/t11?,12-/m1/s1. The van der Waals surface area contributed by atoms with Crippen molar-refractivity contribution >= 4 is 11.9 Å². The summed E-state index contributed by atoms with van der Waals surface area (Å²) < 4.78 is 0. The van der Waals surface area contributed by atoms with Crippen LogP contribution in [-0.2, 0) is 16.0 Å². The largest absolute Gasteiger partial charge is 0.480 e. The average molecular weight is 264 g/mol. The van der Waals surface area contributed by atoms with E-state index >= 15 is 0 Å². The lowest BCUT2D eigenvalue weighted by molar-refractivity contribution is -0.142. The summed E-state index contributed by atoms with van der Waals surface area (Å²) >= 11 is 0. The Morgan fingerprint density at radius 2 is 1.95 bits per heavy atom. The summed E-state index contributed by atoms with van der Waals surface area (Å²) in [5.74, 6) is -1.67. The predicted octanol–water partition coefficient (Wildman–Crippen LogP) is 0.783. The molecule has 1 amide bonds. The number of hydrogen-bond acceptors (Lipinski definition) is 3. The van der Waals surface area contributed by atoms with Gasteiger partial charge in [0.15, 0.2) is 0 Å². The van der Waals surface area contributed by atoms with Crippen molar-refractivity contribution in [2.24, 2.45) is 11.7 Å².